The molecule has 22 heavy (non-hydrogen) atoms. The summed E-state index contributed by atoms with van der Waals surface area (Å²) >= 11 is 0. The second-order valence-corrected chi connectivity index (χ2v) is 13.3. The van der Waals surface area contributed by atoms with Gasteiger partial charge in [0.25, 0.3) is 0 Å². The molecule has 0 unspecified atom stereocenters. The minimum atomic E-state index is -1.85. The fourth-order valence-electron chi connectivity index (χ4n) is 3.74. The van der Waals surface area contributed by atoms with Crippen molar-refractivity contribution in [1.29, 1.82) is 0 Å². The fraction of sp³-hybridized carbons (Fsp3) is 0.619. The summed E-state index contributed by atoms with van der Waals surface area (Å²) < 4.78 is 0. The Labute approximate surface area is 139 Å². The summed E-state index contributed by atoms with van der Waals surface area (Å²) in [5.41, 5.74) is 1.53. The Hall–Kier alpha value is -0.610. The van der Waals surface area contributed by atoms with Crippen LogP contribution in [0.15, 0.2) is 42.7 Å². The molecular formula is C21H37P. The first-order chi connectivity index (χ1) is 10.6. The second-order valence-electron chi connectivity index (χ2n) is 7.13. The van der Waals surface area contributed by atoms with Gasteiger partial charge in [0, 0.05) is 0 Å². The van der Waals surface area contributed by atoms with Crippen molar-refractivity contribution in [2.45, 2.75) is 65.5 Å². The molecule has 0 atom stereocenters. The number of hydrogen-bond donors (Lipinski definition) is 0. The molecule has 0 aromatic heterocycles. The normalized spacial score (nSPS) is 13.5. The van der Waals surface area contributed by atoms with Gasteiger partial charge in [-0.2, -0.15) is 0 Å². The predicted molar refractivity (Wildman–Crippen MR) is 107 cm³/mol. The zero-order chi connectivity index (χ0) is 16.3. The van der Waals surface area contributed by atoms with Gasteiger partial charge in [-0.05, 0) is 0 Å². The zero-order valence-corrected chi connectivity index (χ0v) is 16.1. The van der Waals surface area contributed by atoms with Crippen LogP contribution in [-0.4, -0.2) is 18.5 Å². The third-order valence-electron chi connectivity index (χ3n) is 5.31. The molecule has 0 fully saturated rings. The molecule has 0 saturated heterocycles. The fourth-order valence-corrected chi connectivity index (χ4v) is 10.3. The molecule has 0 radical (unpaired) electrons. The maximum atomic E-state index is 4.42. The third-order valence-corrected chi connectivity index (χ3v) is 12.1. The van der Waals surface area contributed by atoms with Crippen molar-refractivity contribution in [1.82, 2.24) is 0 Å². The van der Waals surface area contributed by atoms with Gasteiger partial charge in [-0.3, -0.25) is 0 Å². The van der Waals surface area contributed by atoms with Crippen LogP contribution < -0.4 is 0 Å². The SMILES string of the molecule is C=CP(CCCC)(CCCC)(CCCC)Cc1ccccc1. The summed E-state index contributed by atoms with van der Waals surface area (Å²) in [6.07, 6.45) is 13.5. The Morgan fingerprint density at radius 1 is 0.818 bits per heavy atom. The van der Waals surface area contributed by atoms with Gasteiger partial charge in [-0.25, -0.2) is 0 Å². The van der Waals surface area contributed by atoms with Gasteiger partial charge in [0.2, 0.25) is 0 Å². The van der Waals surface area contributed by atoms with Crippen molar-refractivity contribution in [2.75, 3.05) is 18.5 Å². The average Bonchev–Trinajstić information content (AvgIpc) is 2.57. The molecule has 0 N–H and O–H groups in total. The first-order valence-corrected chi connectivity index (χ1v) is 12.4. The van der Waals surface area contributed by atoms with Crippen LogP contribution in [0.5, 0.6) is 0 Å². The summed E-state index contributed by atoms with van der Waals surface area (Å²) in [7, 11) is 0. The van der Waals surface area contributed by atoms with Gasteiger partial charge in [0.15, 0.2) is 0 Å². The van der Waals surface area contributed by atoms with Crippen LogP contribution in [0.3, 0.4) is 0 Å². The van der Waals surface area contributed by atoms with E-state index in [1.165, 1.54) is 68.7 Å². The molecule has 1 aromatic carbocycles. The summed E-state index contributed by atoms with van der Waals surface area (Å²) in [5.74, 6) is 2.49. The Morgan fingerprint density at radius 3 is 1.64 bits per heavy atom. The van der Waals surface area contributed by atoms with Gasteiger partial charge in [0.05, 0.1) is 0 Å². The van der Waals surface area contributed by atoms with Crippen LogP contribution in [0.25, 0.3) is 0 Å². The van der Waals surface area contributed by atoms with E-state index in [2.05, 4.69) is 63.5 Å². The van der Waals surface area contributed by atoms with E-state index in [-0.39, 0.29) is 0 Å². The molecule has 0 heterocycles. The van der Waals surface area contributed by atoms with E-state index in [1.807, 2.05) is 0 Å². The molecule has 0 aliphatic carbocycles. The molecule has 0 aliphatic heterocycles. The number of unbranched alkanes of at least 4 members (excludes halogenated alkanes) is 3. The summed E-state index contributed by atoms with van der Waals surface area (Å²) in [6, 6.07) is 11.2. The molecule has 126 valence electrons. The Kier molecular flexibility index (Phi) is 8.40. The molecule has 0 aliphatic rings. The summed E-state index contributed by atoms with van der Waals surface area (Å²) in [4.78, 5) is 0. The molecule has 0 amide bonds. The van der Waals surface area contributed by atoms with Gasteiger partial charge in [-0.15, -0.1) is 0 Å². The van der Waals surface area contributed by atoms with Crippen LogP contribution >= 0.6 is 6.60 Å². The number of hydrogen-bond acceptors (Lipinski definition) is 0. The number of rotatable bonds is 12. The van der Waals surface area contributed by atoms with Crippen LogP contribution in [0.2, 0.25) is 0 Å². The van der Waals surface area contributed by atoms with Gasteiger partial charge < -0.3 is 0 Å². The standard InChI is InChI=1S/C21H37P/c1-5-9-17-22(8-4,18-10-6-2,19-11-7-3)20-21-15-13-12-14-16-21/h8,12-16H,4-7,9-11,17-20H2,1-3H3. The first-order valence-electron chi connectivity index (χ1n) is 9.32. The molecular weight excluding hydrogens is 283 g/mol. The molecule has 1 rings (SSSR count). The van der Waals surface area contributed by atoms with E-state index in [4.69, 9.17) is 0 Å². The molecule has 0 nitrogen and oxygen atoms in total. The Bertz CT molecular complexity index is 396. The number of benzene rings is 1. The minimum absolute atomic E-state index is 1.29. The molecule has 1 aromatic rings. The quantitative estimate of drug-likeness (QED) is 0.355. The van der Waals surface area contributed by atoms with E-state index in [0.29, 0.717) is 0 Å². The first kappa shape index (κ1) is 19.4. The van der Waals surface area contributed by atoms with Crippen molar-refractivity contribution in [3.63, 3.8) is 0 Å². The summed E-state index contributed by atoms with van der Waals surface area (Å²) in [5, 5.41) is 0. The Morgan fingerprint density at radius 2 is 1.27 bits per heavy atom. The maximum absolute atomic E-state index is 4.42. The van der Waals surface area contributed by atoms with E-state index in [1.54, 1.807) is 0 Å². The van der Waals surface area contributed by atoms with Crippen LogP contribution in [0, 0.1) is 0 Å². The molecule has 0 spiro atoms. The topological polar surface area (TPSA) is 0 Å². The van der Waals surface area contributed by atoms with E-state index in [0.717, 1.165) is 0 Å². The van der Waals surface area contributed by atoms with Crippen LogP contribution in [0.4, 0.5) is 0 Å². The van der Waals surface area contributed by atoms with Gasteiger partial charge >= 0.3 is 139 Å². The van der Waals surface area contributed by atoms with E-state index >= 15 is 0 Å². The van der Waals surface area contributed by atoms with Crippen LogP contribution in [0.1, 0.15) is 64.9 Å². The van der Waals surface area contributed by atoms with Crippen molar-refractivity contribution in [3.8, 4) is 0 Å². The molecule has 0 saturated carbocycles. The van der Waals surface area contributed by atoms with Crippen molar-refractivity contribution in [3.05, 3.63) is 48.3 Å². The van der Waals surface area contributed by atoms with Gasteiger partial charge in [0.1, 0.15) is 0 Å². The van der Waals surface area contributed by atoms with E-state index in [9.17, 15) is 0 Å². The molecule has 1 heteroatoms. The van der Waals surface area contributed by atoms with Gasteiger partial charge in [-0.1, -0.05) is 0 Å². The Balaban J connectivity index is 3.17. The van der Waals surface area contributed by atoms with Crippen molar-refractivity contribution < 1.29 is 0 Å². The van der Waals surface area contributed by atoms with Crippen molar-refractivity contribution in [2.24, 2.45) is 0 Å². The van der Waals surface area contributed by atoms with E-state index < -0.39 is 6.60 Å². The van der Waals surface area contributed by atoms with Crippen LogP contribution in [-0.2, 0) is 6.16 Å². The molecule has 0 bridgehead atoms. The monoisotopic (exact) mass is 320 g/mol. The average molecular weight is 321 g/mol. The predicted octanol–water partition coefficient (Wildman–Crippen LogP) is 7.28. The zero-order valence-electron chi connectivity index (χ0n) is 15.2. The second kappa shape index (κ2) is 9.51. The third kappa shape index (κ3) is 5.24. The summed E-state index contributed by atoms with van der Waals surface area (Å²) in [6.45, 7) is 9.56. The van der Waals surface area contributed by atoms with Crippen molar-refractivity contribution >= 4 is 6.60 Å².